The minimum absolute atomic E-state index is 0.0999. The molecule has 0 heterocycles. The molecule has 0 bridgehead atoms. The summed E-state index contributed by atoms with van der Waals surface area (Å²) in [6.45, 7) is -0.0999. The van der Waals surface area contributed by atoms with Crippen LogP contribution in [-0.2, 0) is 6.61 Å². The molecular weight excluding hydrogens is 268 g/mol. The lowest BCUT2D eigenvalue weighted by Crippen LogP contribution is -1.92. The van der Waals surface area contributed by atoms with Crippen molar-refractivity contribution in [3.8, 4) is 11.5 Å². The summed E-state index contributed by atoms with van der Waals surface area (Å²) in [7, 11) is 0. The molecule has 0 unspecified atom stereocenters. The highest BCUT2D eigenvalue weighted by molar-refractivity contribution is 7.98. The van der Waals surface area contributed by atoms with Crippen LogP contribution in [0.3, 0.4) is 0 Å². The van der Waals surface area contributed by atoms with Crippen molar-refractivity contribution in [2.24, 2.45) is 0 Å². The van der Waals surface area contributed by atoms with E-state index in [1.807, 2.05) is 30.5 Å². The maximum absolute atomic E-state index is 9.30. The largest absolute Gasteiger partial charge is 0.456 e. The molecule has 18 heavy (non-hydrogen) atoms. The molecule has 0 spiro atoms. The molecule has 2 rings (SSSR count). The van der Waals surface area contributed by atoms with Crippen LogP contribution < -0.4 is 4.74 Å². The van der Waals surface area contributed by atoms with Crippen molar-refractivity contribution in [3.63, 3.8) is 0 Å². The van der Waals surface area contributed by atoms with Gasteiger partial charge in [0.25, 0.3) is 0 Å². The normalized spacial score (nSPS) is 10.4. The zero-order chi connectivity index (χ0) is 13.0. The summed E-state index contributed by atoms with van der Waals surface area (Å²) in [6, 6.07) is 13.0. The number of rotatable bonds is 4. The van der Waals surface area contributed by atoms with E-state index in [4.69, 9.17) is 16.3 Å². The molecule has 0 atom stereocenters. The quantitative estimate of drug-likeness (QED) is 0.845. The van der Waals surface area contributed by atoms with Crippen molar-refractivity contribution in [1.29, 1.82) is 0 Å². The van der Waals surface area contributed by atoms with Gasteiger partial charge in [-0.1, -0.05) is 23.7 Å². The Morgan fingerprint density at radius 2 is 1.94 bits per heavy atom. The zero-order valence-electron chi connectivity index (χ0n) is 9.89. The topological polar surface area (TPSA) is 29.5 Å². The summed E-state index contributed by atoms with van der Waals surface area (Å²) >= 11 is 7.50. The summed E-state index contributed by atoms with van der Waals surface area (Å²) in [6.07, 6.45) is 2.00. The summed E-state index contributed by atoms with van der Waals surface area (Å²) in [4.78, 5) is 1.05. The van der Waals surface area contributed by atoms with Crippen LogP contribution in [0.1, 0.15) is 5.56 Å². The third-order valence-corrected chi connectivity index (χ3v) is 3.49. The van der Waals surface area contributed by atoms with Crippen molar-refractivity contribution in [1.82, 2.24) is 0 Å². The molecule has 0 fully saturated rings. The molecule has 0 aliphatic rings. The zero-order valence-corrected chi connectivity index (χ0v) is 11.5. The van der Waals surface area contributed by atoms with Crippen LogP contribution in [0.25, 0.3) is 0 Å². The van der Waals surface area contributed by atoms with Crippen LogP contribution in [-0.4, -0.2) is 11.4 Å². The number of hydrogen-bond acceptors (Lipinski definition) is 3. The lowest BCUT2D eigenvalue weighted by Gasteiger charge is -2.12. The third-order valence-electron chi connectivity index (χ3n) is 2.48. The number of hydrogen-bond donors (Lipinski definition) is 1. The molecule has 0 aliphatic carbocycles. The smallest absolute Gasteiger partial charge is 0.140 e. The van der Waals surface area contributed by atoms with Gasteiger partial charge in [-0.3, -0.25) is 0 Å². The fourth-order valence-electron chi connectivity index (χ4n) is 1.59. The van der Waals surface area contributed by atoms with E-state index in [9.17, 15) is 5.11 Å². The van der Waals surface area contributed by atoms with Gasteiger partial charge in [0.2, 0.25) is 0 Å². The highest BCUT2D eigenvalue weighted by atomic mass is 35.5. The second kappa shape index (κ2) is 6.14. The fraction of sp³-hybridized carbons (Fsp3) is 0.143. The van der Waals surface area contributed by atoms with Gasteiger partial charge in [-0.15, -0.1) is 11.8 Å². The van der Waals surface area contributed by atoms with Gasteiger partial charge in [-0.05, 0) is 36.6 Å². The van der Waals surface area contributed by atoms with E-state index in [1.54, 1.807) is 30.0 Å². The van der Waals surface area contributed by atoms with Crippen LogP contribution in [0.5, 0.6) is 11.5 Å². The van der Waals surface area contributed by atoms with Gasteiger partial charge in [0.05, 0.1) is 6.61 Å². The number of ether oxygens (including phenoxy) is 1. The van der Waals surface area contributed by atoms with Crippen molar-refractivity contribution in [3.05, 3.63) is 53.1 Å². The summed E-state index contributed by atoms with van der Waals surface area (Å²) in [5.74, 6) is 1.41. The second-order valence-corrected chi connectivity index (χ2v) is 4.95. The number of thioether (sulfide) groups is 1. The lowest BCUT2D eigenvalue weighted by molar-refractivity contribution is 0.276. The van der Waals surface area contributed by atoms with E-state index in [1.165, 1.54) is 0 Å². The van der Waals surface area contributed by atoms with Gasteiger partial charge < -0.3 is 9.84 Å². The predicted molar refractivity (Wildman–Crippen MR) is 75.7 cm³/mol. The van der Waals surface area contributed by atoms with Crippen molar-refractivity contribution >= 4 is 23.4 Å². The maximum atomic E-state index is 9.30. The summed E-state index contributed by atoms with van der Waals surface area (Å²) in [5.41, 5.74) is 0.679. The Morgan fingerprint density at radius 1 is 1.17 bits per heavy atom. The van der Waals surface area contributed by atoms with Gasteiger partial charge in [-0.25, -0.2) is 0 Å². The molecule has 94 valence electrons. The van der Waals surface area contributed by atoms with E-state index >= 15 is 0 Å². The standard InChI is InChI=1S/C14H13ClO2S/c1-18-14-5-3-2-4-13(14)17-12-7-6-11(15)8-10(12)9-16/h2-8,16H,9H2,1H3. The number of aliphatic hydroxyl groups is 1. The molecule has 2 aromatic carbocycles. The molecule has 0 aromatic heterocycles. The molecule has 0 saturated carbocycles. The summed E-state index contributed by atoms with van der Waals surface area (Å²) in [5, 5.41) is 9.89. The van der Waals surface area contributed by atoms with Gasteiger partial charge in [0.15, 0.2) is 0 Å². The van der Waals surface area contributed by atoms with Crippen LogP contribution in [0.15, 0.2) is 47.4 Å². The van der Waals surface area contributed by atoms with Crippen LogP contribution in [0, 0.1) is 0 Å². The molecule has 1 N–H and O–H groups in total. The van der Waals surface area contributed by atoms with Crippen LogP contribution >= 0.6 is 23.4 Å². The molecule has 0 radical (unpaired) electrons. The maximum Gasteiger partial charge on any atom is 0.140 e. The van der Waals surface area contributed by atoms with Gasteiger partial charge in [-0.2, -0.15) is 0 Å². The highest BCUT2D eigenvalue weighted by Crippen LogP contribution is 2.33. The molecule has 4 heteroatoms. The monoisotopic (exact) mass is 280 g/mol. The van der Waals surface area contributed by atoms with Crippen LogP contribution in [0.4, 0.5) is 0 Å². The van der Waals surface area contributed by atoms with E-state index in [0.29, 0.717) is 16.3 Å². The van der Waals surface area contributed by atoms with E-state index in [0.717, 1.165) is 10.6 Å². The van der Waals surface area contributed by atoms with E-state index < -0.39 is 0 Å². The molecule has 2 aromatic rings. The Bertz CT molecular complexity index is 543. The van der Waals surface area contributed by atoms with Crippen LogP contribution in [0.2, 0.25) is 5.02 Å². The predicted octanol–water partition coefficient (Wildman–Crippen LogP) is 4.35. The Hall–Kier alpha value is -1.16. The Kier molecular flexibility index (Phi) is 4.53. The van der Waals surface area contributed by atoms with Crippen molar-refractivity contribution < 1.29 is 9.84 Å². The van der Waals surface area contributed by atoms with Gasteiger partial charge in [0.1, 0.15) is 11.5 Å². The second-order valence-electron chi connectivity index (χ2n) is 3.66. The molecular formula is C14H13ClO2S. The fourth-order valence-corrected chi connectivity index (χ4v) is 2.31. The first-order chi connectivity index (χ1) is 8.74. The molecule has 2 nitrogen and oxygen atoms in total. The lowest BCUT2D eigenvalue weighted by atomic mass is 10.2. The van der Waals surface area contributed by atoms with Crippen molar-refractivity contribution in [2.45, 2.75) is 11.5 Å². The Labute approximate surface area is 116 Å². The number of halogens is 1. The molecule has 0 amide bonds. The number of benzene rings is 2. The van der Waals surface area contributed by atoms with Gasteiger partial charge >= 0.3 is 0 Å². The average Bonchev–Trinajstić information content (AvgIpc) is 2.41. The Morgan fingerprint density at radius 3 is 2.67 bits per heavy atom. The average molecular weight is 281 g/mol. The van der Waals surface area contributed by atoms with E-state index in [-0.39, 0.29) is 6.61 Å². The summed E-state index contributed by atoms with van der Waals surface area (Å²) < 4.78 is 5.84. The number of para-hydroxylation sites is 1. The third kappa shape index (κ3) is 2.99. The number of aliphatic hydroxyl groups excluding tert-OH is 1. The highest BCUT2D eigenvalue weighted by Gasteiger charge is 2.07. The Balaban J connectivity index is 2.33. The minimum Gasteiger partial charge on any atom is -0.456 e. The molecule has 0 saturated heterocycles. The first kappa shape index (κ1) is 13.3. The van der Waals surface area contributed by atoms with Crippen molar-refractivity contribution in [2.75, 3.05) is 6.26 Å². The molecule has 0 aliphatic heterocycles. The first-order valence-electron chi connectivity index (χ1n) is 5.44. The van der Waals surface area contributed by atoms with E-state index in [2.05, 4.69) is 0 Å². The SMILES string of the molecule is CSc1ccccc1Oc1ccc(Cl)cc1CO. The first-order valence-corrected chi connectivity index (χ1v) is 7.05. The van der Waals surface area contributed by atoms with Gasteiger partial charge in [0, 0.05) is 15.5 Å². The minimum atomic E-state index is -0.0999.